The molecule has 0 radical (unpaired) electrons. The van der Waals surface area contributed by atoms with Gasteiger partial charge < -0.3 is 4.74 Å². The van der Waals surface area contributed by atoms with Crippen molar-refractivity contribution in [1.29, 1.82) is 0 Å². The van der Waals surface area contributed by atoms with Crippen molar-refractivity contribution >= 4 is 33.9 Å². The zero-order valence-corrected chi connectivity index (χ0v) is 12.7. The number of ether oxygens (including phenoxy) is 1. The first-order valence-electron chi connectivity index (χ1n) is 6.09. The SMILES string of the molecule is COc1cccc(C(=O)Nc2nc(-c3cccs3)ns2)c1. The van der Waals surface area contributed by atoms with Crippen molar-refractivity contribution in [1.82, 2.24) is 9.36 Å². The van der Waals surface area contributed by atoms with E-state index in [1.807, 2.05) is 17.5 Å². The summed E-state index contributed by atoms with van der Waals surface area (Å²) in [5.74, 6) is 1.04. The van der Waals surface area contributed by atoms with E-state index in [0.717, 1.165) is 16.4 Å². The molecule has 5 nitrogen and oxygen atoms in total. The molecule has 0 aliphatic carbocycles. The fraction of sp³-hybridized carbons (Fsp3) is 0.0714. The predicted molar refractivity (Wildman–Crippen MR) is 84.2 cm³/mol. The Hall–Kier alpha value is -2.25. The van der Waals surface area contributed by atoms with Gasteiger partial charge in [0.05, 0.1) is 12.0 Å². The van der Waals surface area contributed by atoms with Crippen LogP contribution in [0.4, 0.5) is 5.13 Å². The van der Waals surface area contributed by atoms with E-state index in [-0.39, 0.29) is 5.91 Å². The standard InChI is InChI=1S/C14H11N3O2S2/c1-19-10-5-2-4-9(8-10)13(18)16-14-15-12(17-21-14)11-6-3-7-20-11/h2-8H,1H3,(H,15,16,17,18). The molecule has 1 aromatic carbocycles. The lowest BCUT2D eigenvalue weighted by Crippen LogP contribution is -2.11. The summed E-state index contributed by atoms with van der Waals surface area (Å²) in [5, 5.41) is 5.19. The molecule has 2 heterocycles. The van der Waals surface area contributed by atoms with E-state index in [1.54, 1.807) is 42.7 Å². The average molecular weight is 317 g/mol. The van der Waals surface area contributed by atoms with Crippen LogP contribution < -0.4 is 10.1 Å². The highest BCUT2D eigenvalue weighted by molar-refractivity contribution is 7.14. The number of hydrogen-bond donors (Lipinski definition) is 1. The Morgan fingerprint density at radius 1 is 1.29 bits per heavy atom. The Labute approximate surface area is 129 Å². The van der Waals surface area contributed by atoms with Crippen LogP contribution in [0.5, 0.6) is 5.75 Å². The smallest absolute Gasteiger partial charge is 0.257 e. The second kappa shape index (κ2) is 6.02. The van der Waals surface area contributed by atoms with E-state index in [9.17, 15) is 4.79 Å². The average Bonchev–Trinajstić information content (AvgIpc) is 3.18. The number of hydrogen-bond acceptors (Lipinski definition) is 6. The molecule has 0 atom stereocenters. The van der Waals surface area contributed by atoms with Crippen LogP contribution in [-0.2, 0) is 0 Å². The van der Waals surface area contributed by atoms with Gasteiger partial charge in [-0.05, 0) is 29.6 Å². The van der Waals surface area contributed by atoms with Gasteiger partial charge in [-0.3, -0.25) is 10.1 Å². The maximum absolute atomic E-state index is 12.2. The molecular weight excluding hydrogens is 306 g/mol. The number of benzene rings is 1. The van der Waals surface area contributed by atoms with Crippen molar-refractivity contribution in [3.8, 4) is 16.5 Å². The molecule has 2 aromatic heterocycles. The molecule has 0 spiro atoms. The summed E-state index contributed by atoms with van der Waals surface area (Å²) < 4.78 is 9.34. The fourth-order valence-electron chi connectivity index (χ4n) is 1.71. The number of rotatable bonds is 4. The minimum Gasteiger partial charge on any atom is -0.497 e. The van der Waals surface area contributed by atoms with Crippen LogP contribution >= 0.6 is 22.9 Å². The Bertz CT molecular complexity index is 753. The normalized spacial score (nSPS) is 10.3. The van der Waals surface area contributed by atoms with Crippen molar-refractivity contribution in [3.05, 3.63) is 47.3 Å². The lowest BCUT2D eigenvalue weighted by atomic mass is 10.2. The minimum absolute atomic E-state index is 0.234. The number of amides is 1. The number of carbonyl (C=O) groups is 1. The summed E-state index contributed by atoms with van der Waals surface area (Å²) in [6.45, 7) is 0. The number of nitrogens with one attached hydrogen (secondary N) is 1. The second-order valence-corrected chi connectivity index (χ2v) is 5.79. The Balaban J connectivity index is 1.75. The van der Waals surface area contributed by atoms with Gasteiger partial charge >= 0.3 is 0 Å². The van der Waals surface area contributed by atoms with Gasteiger partial charge in [0.25, 0.3) is 5.91 Å². The third-order valence-electron chi connectivity index (χ3n) is 2.72. The molecule has 0 saturated heterocycles. The van der Waals surface area contributed by atoms with Crippen LogP contribution in [0.15, 0.2) is 41.8 Å². The van der Waals surface area contributed by atoms with Gasteiger partial charge in [-0.25, -0.2) is 0 Å². The maximum atomic E-state index is 12.2. The Morgan fingerprint density at radius 3 is 2.95 bits per heavy atom. The van der Waals surface area contributed by atoms with E-state index in [4.69, 9.17) is 4.74 Å². The van der Waals surface area contributed by atoms with Crippen molar-refractivity contribution in [2.75, 3.05) is 12.4 Å². The third kappa shape index (κ3) is 3.09. The fourth-order valence-corrected chi connectivity index (χ4v) is 3.01. The summed E-state index contributed by atoms with van der Waals surface area (Å²) in [6, 6.07) is 10.8. The number of nitrogens with zero attached hydrogens (tertiary/aromatic N) is 2. The van der Waals surface area contributed by atoms with Crippen LogP contribution in [-0.4, -0.2) is 22.4 Å². The first-order chi connectivity index (χ1) is 10.3. The number of methoxy groups -OCH3 is 1. The topological polar surface area (TPSA) is 64.1 Å². The first kappa shape index (κ1) is 13.7. The van der Waals surface area contributed by atoms with Crippen LogP contribution in [0.1, 0.15) is 10.4 Å². The van der Waals surface area contributed by atoms with Gasteiger partial charge in [-0.15, -0.1) is 11.3 Å². The number of aromatic nitrogens is 2. The molecular formula is C14H11N3O2S2. The molecule has 0 aliphatic heterocycles. The molecule has 3 rings (SSSR count). The predicted octanol–water partition coefficient (Wildman–Crippen LogP) is 3.53. The van der Waals surface area contributed by atoms with Crippen LogP contribution in [0.25, 0.3) is 10.7 Å². The molecule has 1 amide bonds. The highest BCUT2D eigenvalue weighted by Crippen LogP contribution is 2.25. The van der Waals surface area contributed by atoms with Gasteiger partial charge in [0, 0.05) is 17.1 Å². The van der Waals surface area contributed by atoms with Crippen LogP contribution in [0.2, 0.25) is 0 Å². The molecule has 0 aliphatic rings. The highest BCUT2D eigenvalue weighted by Gasteiger charge is 2.12. The number of carbonyl (C=O) groups excluding carboxylic acids is 1. The van der Waals surface area contributed by atoms with Crippen LogP contribution in [0.3, 0.4) is 0 Å². The van der Waals surface area contributed by atoms with Gasteiger partial charge in [0.1, 0.15) is 5.75 Å². The molecule has 106 valence electrons. The minimum atomic E-state index is -0.234. The van der Waals surface area contributed by atoms with Crippen molar-refractivity contribution in [2.45, 2.75) is 0 Å². The molecule has 0 fully saturated rings. The number of anilines is 1. The van der Waals surface area contributed by atoms with Crippen molar-refractivity contribution < 1.29 is 9.53 Å². The van der Waals surface area contributed by atoms with Crippen molar-refractivity contribution in [3.63, 3.8) is 0 Å². The Kier molecular flexibility index (Phi) is 3.94. The van der Waals surface area contributed by atoms with E-state index >= 15 is 0 Å². The molecule has 0 saturated carbocycles. The molecule has 3 aromatic rings. The van der Waals surface area contributed by atoms with Gasteiger partial charge in [-0.2, -0.15) is 9.36 Å². The van der Waals surface area contributed by atoms with E-state index in [0.29, 0.717) is 22.3 Å². The highest BCUT2D eigenvalue weighted by atomic mass is 32.1. The zero-order chi connectivity index (χ0) is 14.7. The lowest BCUT2D eigenvalue weighted by molar-refractivity contribution is 0.102. The summed E-state index contributed by atoms with van der Waals surface area (Å²) in [6.07, 6.45) is 0. The molecule has 0 bridgehead atoms. The van der Waals surface area contributed by atoms with Gasteiger partial charge in [0.15, 0.2) is 5.82 Å². The third-order valence-corrected chi connectivity index (χ3v) is 4.22. The summed E-state index contributed by atoms with van der Waals surface area (Å²) in [7, 11) is 1.56. The summed E-state index contributed by atoms with van der Waals surface area (Å²) >= 11 is 2.73. The molecule has 1 N–H and O–H groups in total. The monoisotopic (exact) mass is 317 g/mol. The number of thiophene rings is 1. The Morgan fingerprint density at radius 2 is 2.19 bits per heavy atom. The summed E-state index contributed by atoms with van der Waals surface area (Å²) in [4.78, 5) is 17.4. The van der Waals surface area contributed by atoms with E-state index in [2.05, 4.69) is 14.7 Å². The molecule has 7 heteroatoms. The van der Waals surface area contributed by atoms with Crippen LogP contribution in [0, 0.1) is 0 Å². The second-order valence-electron chi connectivity index (χ2n) is 4.09. The van der Waals surface area contributed by atoms with E-state index in [1.165, 1.54) is 0 Å². The van der Waals surface area contributed by atoms with Gasteiger partial charge in [0.2, 0.25) is 5.13 Å². The largest absolute Gasteiger partial charge is 0.497 e. The van der Waals surface area contributed by atoms with E-state index < -0.39 is 0 Å². The lowest BCUT2D eigenvalue weighted by Gasteiger charge is -2.03. The molecule has 21 heavy (non-hydrogen) atoms. The van der Waals surface area contributed by atoms with Crippen molar-refractivity contribution in [2.24, 2.45) is 0 Å². The quantitative estimate of drug-likeness (QED) is 0.799. The first-order valence-corrected chi connectivity index (χ1v) is 7.74. The van der Waals surface area contributed by atoms with Gasteiger partial charge in [-0.1, -0.05) is 12.1 Å². The zero-order valence-electron chi connectivity index (χ0n) is 11.1. The molecule has 0 unspecified atom stereocenters. The maximum Gasteiger partial charge on any atom is 0.257 e. The summed E-state index contributed by atoms with van der Waals surface area (Å²) in [5.41, 5.74) is 0.516.